The Morgan fingerprint density at radius 3 is 1.78 bits per heavy atom. The zero-order valence-electron chi connectivity index (χ0n) is 14.8. The first-order valence-corrected chi connectivity index (χ1v) is 10.0. The summed E-state index contributed by atoms with van der Waals surface area (Å²) in [6.07, 6.45) is 12.3. The molecular weight excluding hydrogens is 335 g/mol. The van der Waals surface area contributed by atoms with Crippen molar-refractivity contribution in [1.82, 2.24) is 0 Å². The minimum absolute atomic E-state index is 0. The topological polar surface area (TPSA) is 43.4 Å². The van der Waals surface area contributed by atoms with Crippen molar-refractivity contribution in [3.05, 3.63) is 30.3 Å². The second-order valence-corrected chi connectivity index (χ2v) is 7.39. The smallest absolute Gasteiger partial charge is 0.266 e. The molecule has 0 N–H and O–H groups in total. The first-order chi connectivity index (χ1) is 10.7. The van der Waals surface area contributed by atoms with Crippen LogP contribution in [0.25, 0.3) is 0 Å². The monoisotopic (exact) mass is 365 g/mol. The standard InChI is InChI=1S/C18H30O3S.K/c1-2-3-4-5-6-7-8-9-10-14-17-21-22(19,20)18-15-12-11-13-16-18;/h11-13,15-16H,2-10,14,17H2,1H3;. The summed E-state index contributed by atoms with van der Waals surface area (Å²) < 4.78 is 28.8. The molecule has 127 valence electrons. The molecule has 0 amide bonds. The summed E-state index contributed by atoms with van der Waals surface area (Å²) >= 11 is 0. The minimum atomic E-state index is -3.57. The van der Waals surface area contributed by atoms with Crippen LogP contribution in [-0.4, -0.2) is 66.4 Å². The van der Waals surface area contributed by atoms with Crippen molar-refractivity contribution in [3.63, 3.8) is 0 Å². The summed E-state index contributed by atoms with van der Waals surface area (Å²) in [5.74, 6) is 0. The molecule has 1 aromatic rings. The quantitative estimate of drug-likeness (QED) is 0.283. The van der Waals surface area contributed by atoms with Crippen LogP contribution in [-0.2, 0) is 14.3 Å². The zero-order valence-corrected chi connectivity index (χ0v) is 18.7. The predicted octanol–water partition coefficient (Wildman–Crippen LogP) is 4.93. The van der Waals surface area contributed by atoms with E-state index >= 15 is 0 Å². The van der Waals surface area contributed by atoms with Crippen molar-refractivity contribution in [2.45, 2.75) is 76.0 Å². The second-order valence-electron chi connectivity index (χ2n) is 5.77. The Labute approximate surface area is 185 Å². The Balaban J connectivity index is 0.00000484. The molecular formula is C18H30KO3S. The van der Waals surface area contributed by atoms with Crippen LogP contribution >= 0.6 is 0 Å². The molecule has 1 aromatic carbocycles. The van der Waals surface area contributed by atoms with E-state index in [4.69, 9.17) is 4.18 Å². The van der Waals surface area contributed by atoms with Gasteiger partial charge in [-0.05, 0) is 18.6 Å². The summed E-state index contributed by atoms with van der Waals surface area (Å²) in [6, 6.07) is 8.33. The third kappa shape index (κ3) is 11.9. The average Bonchev–Trinajstić information content (AvgIpc) is 2.53. The number of hydrogen-bond donors (Lipinski definition) is 0. The van der Waals surface area contributed by atoms with Gasteiger partial charge in [-0.2, -0.15) is 8.42 Å². The van der Waals surface area contributed by atoms with Crippen LogP contribution in [0, 0.1) is 0 Å². The predicted molar refractivity (Wildman–Crippen MR) is 97.2 cm³/mol. The molecule has 0 bridgehead atoms. The first-order valence-electron chi connectivity index (χ1n) is 8.61. The molecule has 0 aliphatic carbocycles. The number of rotatable bonds is 13. The molecule has 0 saturated carbocycles. The van der Waals surface area contributed by atoms with Crippen molar-refractivity contribution in [2.75, 3.05) is 6.61 Å². The summed E-state index contributed by atoms with van der Waals surface area (Å²) in [6.45, 7) is 2.52. The average molecular weight is 366 g/mol. The fraction of sp³-hybridized carbons (Fsp3) is 0.667. The Kier molecular flexibility index (Phi) is 15.6. The van der Waals surface area contributed by atoms with Crippen LogP contribution in [0.3, 0.4) is 0 Å². The fourth-order valence-electron chi connectivity index (χ4n) is 2.41. The van der Waals surface area contributed by atoms with E-state index in [-0.39, 0.29) is 62.9 Å². The van der Waals surface area contributed by atoms with Crippen LogP contribution in [0.1, 0.15) is 71.1 Å². The molecule has 0 heterocycles. The second kappa shape index (κ2) is 15.1. The van der Waals surface area contributed by atoms with Gasteiger partial charge in [-0.15, -0.1) is 0 Å². The Morgan fingerprint density at radius 2 is 1.26 bits per heavy atom. The van der Waals surface area contributed by atoms with Gasteiger partial charge < -0.3 is 0 Å². The molecule has 0 spiro atoms. The molecule has 3 nitrogen and oxygen atoms in total. The van der Waals surface area contributed by atoms with E-state index in [1.807, 2.05) is 0 Å². The van der Waals surface area contributed by atoms with E-state index in [1.54, 1.807) is 30.3 Å². The van der Waals surface area contributed by atoms with Crippen molar-refractivity contribution in [3.8, 4) is 0 Å². The summed E-state index contributed by atoms with van der Waals surface area (Å²) in [7, 11) is -3.57. The first kappa shape index (κ1) is 23.8. The molecule has 0 fully saturated rings. The van der Waals surface area contributed by atoms with Gasteiger partial charge >= 0.3 is 0 Å². The third-order valence-electron chi connectivity index (χ3n) is 3.77. The molecule has 0 aliphatic heterocycles. The van der Waals surface area contributed by atoms with Crippen LogP contribution in [0.4, 0.5) is 0 Å². The van der Waals surface area contributed by atoms with E-state index in [2.05, 4.69) is 6.92 Å². The Hall–Kier alpha value is 0.766. The van der Waals surface area contributed by atoms with Crippen molar-refractivity contribution >= 4 is 61.5 Å². The van der Waals surface area contributed by atoms with Crippen molar-refractivity contribution in [2.24, 2.45) is 0 Å². The normalized spacial score (nSPS) is 11.2. The van der Waals surface area contributed by atoms with Crippen LogP contribution in [0.15, 0.2) is 35.2 Å². The van der Waals surface area contributed by atoms with Crippen molar-refractivity contribution in [1.29, 1.82) is 0 Å². The van der Waals surface area contributed by atoms with Crippen molar-refractivity contribution < 1.29 is 12.6 Å². The molecule has 0 unspecified atom stereocenters. The minimum Gasteiger partial charge on any atom is -0.266 e. The van der Waals surface area contributed by atoms with Crippen LogP contribution < -0.4 is 0 Å². The van der Waals surface area contributed by atoms with E-state index in [0.29, 0.717) is 0 Å². The van der Waals surface area contributed by atoms with Gasteiger partial charge in [0.15, 0.2) is 0 Å². The van der Waals surface area contributed by atoms with Gasteiger partial charge in [-0.3, -0.25) is 4.18 Å². The Bertz CT molecular complexity index is 474. The molecule has 5 heteroatoms. The molecule has 1 radical (unpaired) electrons. The number of benzene rings is 1. The molecule has 0 atom stereocenters. The van der Waals surface area contributed by atoms with Gasteiger partial charge in [0.2, 0.25) is 0 Å². The van der Waals surface area contributed by atoms with E-state index in [0.717, 1.165) is 12.8 Å². The van der Waals surface area contributed by atoms with Crippen LogP contribution in [0.5, 0.6) is 0 Å². The summed E-state index contributed by atoms with van der Waals surface area (Å²) in [5, 5.41) is 0. The maximum absolute atomic E-state index is 11.9. The van der Waals surface area contributed by atoms with E-state index in [9.17, 15) is 8.42 Å². The van der Waals surface area contributed by atoms with Gasteiger partial charge in [0, 0.05) is 51.4 Å². The fourth-order valence-corrected chi connectivity index (χ4v) is 3.38. The van der Waals surface area contributed by atoms with E-state index < -0.39 is 10.1 Å². The number of unbranched alkanes of at least 4 members (excludes halogenated alkanes) is 9. The zero-order chi connectivity index (χ0) is 16.1. The molecule has 23 heavy (non-hydrogen) atoms. The molecule has 0 aliphatic rings. The van der Waals surface area contributed by atoms with Gasteiger partial charge in [0.1, 0.15) is 0 Å². The SMILES string of the molecule is CCCCCCCCCCCCOS(=O)(=O)c1ccccc1.[K]. The molecule has 0 saturated heterocycles. The maximum Gasteiger partial charge on any atom is 0.296 e. The Morgan fingerprint density at radius 1 is 0.783 bits per heavy atom. The van der Waals surface area contributed by atoms with Crippen LogP contribution in [0.2, 0.25) is 0 Å². The van der Waals surface area contributed by atoms with Gasteiger partial charge in [0.05, 0.1) is 11.5 Å². The molecule has 0 aromatic heterocycles. The van der Waals surface area contributed by atoms with Gasteiger partial charge in [-0.25, -0.2) is 0 Å². The largest absolute Gasteiger partial charge is 0.296 e. The maximum atomic E-state index is 11.9. The van der Waals surface area contributed by atoms with Gasteiger partial charge in [0.25, 0.3) is 10.1 Å². The van der Waals surface area contributed by atoms with Gasteiger partial charge in [-0.1, -0.05) is 82.9 Å². The summed E-state index contributed by atoms with van der Waals surface area (Å²) in [5.41, 5.74) is 0. The van der Waals surface area contributed by atoms with E-state index in [1.165, 1.54) is 51.4 Å². The third-order valence-corrected chi connectivity index (χ3v) is 5.09. The summed E-state index contributed by atoms with van der Waals surface area (Å²) in [4.78, 5) is 0.238. The molecule has 1 rings (SSSR count). The number of hydrogen-bond acceptors (Lipinski definition) is 3.